The lowest BCUT2D eigenvalue weighted by Crippen LogP contribution is -2.29. The molecule has 0 aliphatic rings. The molecule has 3 nitrogen and oxygen atoms in total. The van der Waals surface area contributed by atoms with Gasteiger partial charge in [-0.25, -0.2) is 4.98 Å². The van der Waals surface area contributed by atoms with Crippen LogP contribution in [0.4, 0.5) is 4.39 Å². The molecule has 0 radical (unpaired) electrons. The number of aromatic nitrogens is 1. The summed E-state index contributed by atoms with van der Waals surface area (Å²) in [5.74, 6) is 0.418. The molecule has 1 heterocycles. The molecule has 1 unspecified atom stereocenters. The minimum absolute atomic E-state index is 0.122. The Bertz CT molecular complexity index is 360. The van der Waals surface area contributed by atoms with Gasteiger partial charge in [-0.1, -0.05) is 13.0 Å². The van der Waals surface area contributed by atoms with Crippen molar-refractivity contribution < 1.29 is 9.18 Å². The van der Waals surface area contributed by atoms with Gasteiger partial charge in [-0.2, -0.15) is 16.2 Å². The van der Waals surface area contributed by atoms with Gasteiger partial charge in [0, 0.05) is 6.54 Å². The monoisotopic (exact) mass is 242 g/mol. The first-order valence-electron chi connectivity index (χ1n) is 5.03. The van der Waals surface area contributed by atoms with Crippen LogP contribution in [0.1, 0.15) is 17.4 Å². The number of hydrogen-bond donors (Lipinski definition) is 1. The molecule has 0 aliphatic carbocycles. The second-order valence-electron chi connectivity index (χ2n) is 3.62. The highest BCUT2D eigenvalue weighted by Crippen LogP contribution is 2.03. The van der Waals surface area contributed by atoms with Crippen molar-refractivity contribution in [3.8, 4) is 0 Å². The summed E-state index contributed by atoms with van der Waals surface area (Å²) in [6.07, 6.45) is 2.02. The van der Waals surface area contributed by atoms with Crippen molar-refractivity contribution in [2.24, 2.45) is 5.92 Å². The molecule has 0 spiro atoms. The minimum atomic E-state index is -0.634. The second-order valence-corrected chi connectivity index (χ2v) is 4.53. The third kappa shape index (κ3) is 4.18. The van der Waals surface area contributed by atoms with Gasteiger partial charge in [0.15, 0.2) is 0 Å². The van der Waals surface area contributed by atoms with E-state index in [-0.39, 0.29) is 11.6 Å². The van der Waals surface area contributed by atoms with Crippen molar-refractivity contribution in [1.82, 2.24) is 10.3 Å². The summed E-state index contributed by atoms with van der Waals surface area (Å²) in [6, 6.07) is 4.19. The van der Waals surface area contributed by atoms with Crippen LogP contribution in [0.25, 0.3) is 0 Å². The van der Waals surface area contributed by atoms with Crippen LogP contribution in [0.15, 0.2) is 18.2 Å². The molecule has 5 heteroatoms. The smallest absolute Gasteiger partial charge is 0.270 e. The Labute approximate surface area is 98.8 Å². The number of thioether (sulfide) groups is 1. The molecule has 16 heavy (non-hydrogen) atoms. The molecular weight excluding hydrogens is 227 g/mol. The molecule has 0 aromatic carbocycles. The zero-order valence-electron chi connectivity index (χ0n) is 9.37. The molecule has 1 aromatic heterocycles. The number of halogens is 1. The number of pyridine rings is 1. The molecule has 1 atom stereocenters. The van der Waals surface area contributed by atoms with Gasteiger partial charge in [0.1, 0.15) is 5.69 Å². The van der Waals surface area contributed by atoms with Gasteiger partial charge in [-0.05, 0) is 30.1 Å². The fourth-order valence-electron chi connectivity index (χ4n) is 1.24. The summed E-state index contributed by atoms with van der Waals surface area (Å²) in [4.78, 5) is 15.1. The van der Waals surface area contributed by atoms with Gasteiger partial charge >= 0.3 is 0 Å². The number of nitrogens with zero attached hydrogens (tertiary/aromatic N) is 1. The standard InChI is InChI=1S/C11H15FN2OS/c1-8(7-16-2)6-13-11(15)9-4-3-5-10(12)14-9/h3-5,8H,6-7H2,1-2H3,(H,13,15). The molecule has 0 fully saturated rings. The molecule has 1 amide bonds. The number of nitrogens with one attached hydrogen (secondary N) is 1. The number of carbonyl (C=O) groups excluding carboxylic acids is 1. The number of hydrogen-bond acceptors (Lipinski definition) is 3. The summed E-state index contributed by atoms with van der Waals surface area (Å²) in [5.41, 5.74) is 0.122. The molecule has 1 rings (SSSR count). The number of amides is 1. The third-order valence-electron chi connectivity index (χ3n) is 2.01. The molecular formula is C11H15FN2OS. The molecule has 1 aromatic rings. The highest BCUT2D eigenvalue weighted by Gasteiger charge is 2.09. The first-order valence-corrected chi connectivity index (χ1v) is 6.42. The van der Waals surface area contributed by atoms with Gasteiger partial charge in [-0.15, -0.1) is 0 Å². The summed E-state index contributed by atoms with van der Waals surface area (Å²) in [6.45, 7) is 2.63. The zero-order valence-corrected chi connectivity index (χ0v) is 10.2. The van der Waals surface area contributed by atoms with Crippen LogP contribution in [0.3, 0.4) is 0 Å². The van der Waals surface area contributed by atoms with Crippen molar-refractivity contribution in [3.63, 3.8) is 0 Å². The van der Waals surface area contributed by atoms with Crippen LogP contribution >= 0.6 is 11.8 Å². The number of carbonyl (C=O) groups is 1. The summed E-state index contributed by atoms with van der Waals surface area (Å²) in [5, 5.41) is 2.73. The fourth-order valence-corrected chi connectivity index (χ4v) is 1.92. The molecule has 0 bridgehead atoms. The van der Waals surface area contributed by atoms with Gasteiger partial charge in [0.05, 0.1) is 0 Å². The largest absolute Gasteiger partial charge is 0.350 e. The van der Waals surface area contributed by atoms with E-state index in [0.717, 1.165) is 5.75 Å². The van der Waals surface area contributed by atoms with Crippen LogP contribution in [-0.4, -0.2) is 29.4 Å². The van der Waals surface area contributed by atoms with E-state index in [2.05, 4.69) is 17.2 Å². The Morgan fingerprint density at radius 3 is 3.00 bits per heavy atom. The van der Waals surface area contributed by atoms with Gasteiger partial charge in [0.25, 0.3) is 5.91 Å². The first kappa shape index (κ1) is 13.0. The second kappa shape index (κ2) is 6.48. The number of rotatable bonds is 5. The molecule has 1 N–H and O–H groups in total. The van der Waals surface area contributed by atoms with E-state index in [1.54, 1.807) is 11.8 Å². The van der Waals surface area contributed by atoms with Crippen molar-refractivity contribution in [2.45, 2.75) is 6.92 Å². The SMILES string of the molecule is CSCC(C)CNC(=O)c1cccc(F)n1. The van der Waals surface area contributed by atoms with Crippen LogP contribution in [0, 0.1) is 11.9 Å². The molecule has 0 aliphatic heterocycles. The average Bonchev–Trinajstić information content (AvgIpc) is 2.26. The summed E-state index contributed by atoms with van der Waals surface area (Å²) < 4.78 is 12.8. The normalized spacial score (nSPS) is 12.2. The van der Waals surface area contributed by atoms with E-state index in [1.165, 1.54) is 18.2 Å². The average molecular weight is 242 g/mol. The predicted octanol–water partition coefficient (Wildman–Crippen LogP) is 1.95. The molecule has 88 valence electrons. The van der Waals surface area contributed by atoms with E-state index in [9.17, 15) is 9.18 Å². The quantitative estimate of drug-likeness (QED) is 0.802. The topological polar surface area (TPSA) is 42.0 Å². The van der Waals surface area contributed by atoms with E-state index < -0.39 is 5.95 Å². The lowest BCUT2D eigenvalue weighted by atomic mass is 10.2. The Morgan fingerprint density at radius 2 is 2.38 bits per heavy atom. The highest BCUT2D eigenvalue weighted by atomic mass is 32.2. The van der Waals surface area contributed by atoms with Crippen LogP contribution in [0.5, 0.6) is 0 Å². The maximum absolute atomic E-state index is 12.8. The van der Waals surface area contributed by atoms with Crippen molar-refractivity contribution >= 4 is 17.7 Å². The minimum Gasteiger partial charge on any atom is -0.350 e. The van der Waals surface area contributed by atoms with E-state index in [4.69, 9.17) is 0 Å². The highest BCUT2D eigenvalue weighted by molar-refractivity contribution is 7.98. The lowest BCUT2D eigenvalue weighted by molar-refractivity contribution is 0.0943. The lowest BCUT2D eigenvalue weighted by Gasteiger charge is -2.10. The zero-order chi connectivity index (χ0) is 12.0. The van der Waals surface area contributed by atoms with Crippen molar-refractivity contribution in [2.75, 3.05) is 18.6 Å². The van der Waals surface area contributed by atoms with Crippen LogP contribution < -0.4 is 5.32 Å². The first-order chi connectivity index (χ1) is 7.63. The van der Waals surface area contributed by atoms with E-state index in [0.29, 0.717) is 12.5 Å². The van der Waals surface area contributed by atoms with Gasteiger partial charge < -0.3 is 5.32 Å². The fraction of sp³-hybridized carbons (Fsp3) is 0.455. The Morgan fingerprint density at radius 1 is 1.62 bits per heavy atom. The van der Waals surface area contributed by atoms with Crippen LogP contribution in [-0.2, 0) is 0 Å². The van der Waals surface area contributed by atoms with Crippen molar-refractivity contribution in [3.05, 3.63) is 29.8 Å². The Balaban J connectivity index is 2.47. The Kier molecular flexibility index (Phi) is 5.25. The summed E-state index contributed by atoms with van der Waals surface area (Å²) in [7, 11) is 0. The van der Waals surface area contributed by atoms with Gasteiger partial charge in [-0.3, -0.25) is 4.79 Å². The van der Waals surface area contributed by atoms with E-state index in [1.807, 2.05) is 6.26 Å². The predicted molar refractivity (Wildman–Crippen MR) is 64.1 cm³/mol. The van der Waals surface area contributed by atoms with Crippen LogP contribution in [0.2, 0.25) is 0 Å². The van der Waals surface area contributed by atoms with Crippen molar-refractivity contribution in [1.29, 1.82) is 0 Å². The maximum atomic E-state index is 12.8. The maximum Gasteiger partial charge on any atom is 0.270 e. The van der Waals surface area contributed by atoms with E-state index >= 15 is 0 Å². The van der Waals surface area contributed by atoms with Gasteiger partial charge in [0.2, 0.25) is 5.95 Å². The third-order valence-corrected chi connectivity index (χ3v) is 2.91. The Hall–Kier alpha value is -1.10. The molecule has 0 saturated heterocycles. The molecule has 0 saturated carbocycles. The summed E-state index contributed by atoms with van der Waals surface area (Å²) >= 11 is 1.73.